The van der Waals surface area contributed by atoms with E-state index in [1.54, 1.807) is 11.3 Å². The molecule has 0 aliphatic carbocycles. The van der Waals surface area contributed by atoms with Crippen LogP contribution in [-0.2, 0) is 4.79 Å². The van der Waals surface area contributed by atoms with E-state index in [2.05, 4.69) is 27.5 Å². The maximum atomic E-state index is 11.9. The number of amides is 3. The Morgan fingerprint density at radius 1 is 1.21 bits per heavy atom. The number of rotatable bonds is 5. The van der Waals surface area contributed by atoms with Crippen molar-refractivity contribution in [3.05, 3.63) is 16.3 Å². The zero-order valence-corrected chi connectivity index (χ0v) is 16.2. The van der Waals surface area contributed by atoms with E-state index in [0.29, 0.717) is 18.3 Å². The number of fused-ring (bicyclic) bond motifs is 1. The molecule has 0 fully saturated rings. The first-order valence-electron chi connectivity index (χ1n) is 7.72. The van der Waals surface area contributed by atoms with E-state index >= 15 is 0 Å². The highest BCUT2D eigenvalue weighted by Crippen LogP contribution is 2.34. The van der Waals surface area contributed by atoms with Crippen molar-refractivity contribution in [2.75, 3.05) is 12.3 Å². The highest BCUT2D eigenvalue weighted by molar-refractivity contribution is 8.00. The summed E-state index contributed by atoms with van der Waals surface area (Å²) in [6.45, 7) is 10.4. The van der Waals surface area contributed by atoms with Gasteiger partial charge in [-0.2, -0.15) is 0 Å². The Morgan fingerprint density at radius 3 is 2.58 bits per heavy atom. The summed E-state index contributed by atoms with van der Waals surface area (Å²) in [5.74, 6) is 0.813. The number of thiophene rings is 1. The SMILES string of the molecule is Cc1nc(SCC(=O)NC(=O)NCC(C)C)c2c(C)c(C)sc2n1. The van der Waals surface area contributed by atoms with Gasteiger partial charge in [-0.05, 0) is 32.3 Å². The highest BCUT2D eigenvalue weighted by atomic mass is 32.2. The maximum Gasteiger partial charge on any atom is 0.321 e. The van der Waals surface area contributed by atoms with Gasteiger partial charge in [-0.3, -0.25) is 10.1 Å². The van der Waals surface area contributed by atoms with Crippen LogP contribution in [0.4, 0.5) is 4.79 Å². The fourth-order valence-electron chi connectivity index (χ4n) is 2.06. The second-order valence-electron chi connectivity index (χ2n) is 5.98. The summed E-state index contributed by atoms with van der Waals surface area (Å²) >= 11 is 2.96. The molecule has 0 aromatic carbocycles. The molecule has 2 aromatic rings. The molecule has 2 N–H and O–H groups in total. The van der Waals surface area contributed by atoms with E-state index in [4.69, 9.17) is 0 Å². The Bertz CT molecular complexity index is 771. The molecule has 0 saturated carbocycles. The molecule has 0 spiro atoms. The monoisotopic (exact) mass is 366 g/mol. The van der Waals surface area contributed by atoms with Crippen LogP contribution in [0.15, 0.2) is 5.03 Å². The zero-order valence-electron chi connectivity index (χ0n) is 14.5. The summed E-state index contributed by atoms with van der Waals surface area (Å²) in [6, 6.07) is -0.458. The van der Waals surface area contributed by atoms with Crippen molar-refractivity contribution in [1.82, 2.24) is 20.6 Å². The predicted molar refractivity (Wildman–Crippen MR) is 98.7 cm³/mol. The molecule has 2 heterocycles. The first-order chi connectivity index (χ1) is 11.3. The lowest BCUT2D eigenvalue weighted by atomic mass is 10.2. The van der Waals surface area contributed by atoms with Gasteiger partial charge in [0.1, 0.15) is 15.7 Å². The van der Waals surface area contributed by atoms with Crippen LogP contribution in [0.2, 0.25) is 0 Å². The van der Waals surface area contributed by atoms with Crippen LogP contribution in [0.25, 0.3) is 10.2 Å². The third kappa shape index (κ3) is 4.67. The minimum absolute atomic E-state index is 0.134. The molecule has 0 unspecified atom stereocenters. The molecule has 0 radical (unpaired) electrons. The number of aryl methyl sites for hydroxylation is 3. The quantitative estimate of drug-likeness (QED) is 0.627. The number of imide groups is 1. The van der Waals surface area contributed by atoms with Gasteiger partial charge in [0, 0.05) is 16.8 Å². The Labute approximate surface area is 149 Å². The molecular weight excluding hydrogens is 344 g/mol. The lowest BCUT2D eigenvalue weighted by Crippen LogP contribution is -2.41. The van der Waals surface area contributed by atoms with Crippen molar-refractivity contribution in [2.45, 2.75) is 39.6 Å². The lowest BCUT2D eigenvalue weighted by molar-refractivity contribution is -0.117. The van der Waals surface area contributed by atoms with Crippen molar-refractivity contribution in [3.8, 4) is 0 Å². The van der Waals surface area contributed by atoms with Gasteiger partial charge in [-0.25, -0.2) is 14.8 Å². The molecule has 24 heavy (non-hydrogen) atoms. The van der Waals surface area contributed by atoms with E-state index in [1.807, 2.05) is 27.7 Å². The van der Waals surface area contributed by atoms with Crippen molar-refractivity contribution in [1.29, 1.82) is 0 Å². The molecule has 6 nitrogen and oxygen atoms in total. The van der Waals surface area contributed by atoms with Crippen molar-refractivity contribution >= 4 is 45.3 Å². The molecule has 0 atom stereocenters. The Hall–Kier alpha value is -1.67. The molecular formula is C16H22N4O2S2. The summed E-state index contributed by atoms with van der Waals surface area (Å²) in [5, 5.41) is 6.79. The summed E-state index contributed by atoms with van der Waals surface area (Å²) in [5.41, 5.74) is 1.15. The molecule has 0 saturated heterocycles. The molecule has 130 valence electrons. The van der Waals surface area contributed by atoms with E-state index in [-0.39, 0.29) is 11.7 Å². The number of hydrogen-bond donors (Lipinski definition) is 2. The number of carbonyl (C=O) groups is 2. The first-order valence-corrected chi connectivity index (χ1v) is 9.53. The summed E-state index contributed by atoms with van der Waals surface area (Å²) in [7, 11) is 0. The fourth-order valence-corrected chi connectivity index (χ4v) is 4.13. The minimum Gasteiger partial charge on any atom is -0.338 e. The van der Waals surface area contributed by atoms with Gasteiger partial charge in [0.2, 0.25) is 5.91 Å². The number of urea groups is 1. The van der Waals surface area contributed by atoms with Crippen LogP contribution in [-0.4, -0.2) is 34.2 Å². The summed E-state index contributed by atoms with van der Waals surface area (Å²) in [4.78, 5) is 34.6. The van der Waals surface area contributed by atoms with Crippen molar-refractivity contribution in [3.63, 3.8) is 0 Å². The molecule has 2 aromatic heterocycles. The van der Waals surface area contributed by atoms with Crippen molar-refractivity contribution < 1.29 is 9.59 Å². The van der Waals surface area contributed by atoms with Gasteiger partial charge in [0.05, 0.1) is 5.75 Å². The normalized spacial score (nSPS) is 11.1. The van der Waals surface area contributed by atoms with Crippen molar-refractivity contribution in [2.24, 2.45) is 5.92 Å². The number of nitrogens with zero attached hydrogens (tertiary/aromatic N) is 2. The highest BCUT2D eigenvalue weighted by Gasteiger charge is 2.16. The van der Waals surface area contributed by atoms with Gasteiger partial charge in [0.15, 0.2) is 0 Å². The Morgan fingerprint density at radius 2 is 1.92 bits per heavy atom. The topological polar surface area (TPSA) is 84.0 Å². The zero-order chi connectivity index (χ0) is 17.9. The predicted octanol–water partition coefficient (Wildman–Crippen LogP) is 3.19. The lowest BCUT2D eigenvalue weighted by Gasteiger charge is -2.09. The first kappa shape index (κ1) is 18.7. The summed E-state index contributed by atoms with van der Waals surface area (Å²) in [6.07, 6.45) is 0. The largest absolute Gasteiger partial charge is 0.338 e. The van der Waals surface area contributed by atoms with E-state index < -0.39 is 6.03 Å². The van der Waals surface area contributed by atoms with Crippen LogP contribution in [0.5, 0.6) is 0 Å². The van der Waals surface area contributed by atoms with Gasteiger partial charge in [-0.15, -0.1) is 11.3 Å². The second kappa shape index (κ2) is 7.94. The number of nitrogens with one attached hydrogen (secondary N) is 2. The minimum atomic E-state index is -0.458. The van der Waals surface area contributed by atoms with Crippen LogP contribution < -0.4 is 10.6 Å². The van der Waals surface area contributed by atoms with Gasteiger partial charge < -0.3 is 5.32 Å². The van der Waals surface area contributed by atoms with E-state index in [0.717, 1.165) is 20.8 Å². The Kier molecular flexibility index (Phi) is 6.17. The van der Waals surface area contributed by atoms with Gasteiger partial charge in [-0.1, -0.05) is 25.6 Å². The molecule has 0 aliphatic rings. The number of hydrogen-bond acceptors (Lipinski definition) is 6. The van der Waals surface area contributed by atoms with Crippen LogP contribution in [0, 0.1) is 26.7 Å². The number of thioether (sulfide) groups is 1. The average Bonchev–Trinajstić information content (AvgIpc) is 2.77. The van der Waals surface area contributed by atoms with E-state index in [1.165, 1.54) is 16.6 Å². The van der Waals surface area contributed by atoms with Crippen LogP contribution >= 0.6 is 23.1 Å². The van der Waals surface area contributed by atoms with E-state index in [9.17, 15) is 9.59 Å². The smallest absolute Gasteiger partial charge is 0.321 e. The van der Waals surface area contributed by atoms with Crippen LogP contribution in [0.3, 0.4) is 0 Å². The Balaban J connectivity index is 2.03. The second-order valence-corrected chi connectivity index (χ2v) is 8.15. The standard InChI is InChI=1S/C16H22N4O2S2/c1-8(2)6-17-16(22)20-12(21)7-23-14-13-9(3)10(4)24-15(13)19-11(5)18-14/h8H,6-7H2,1-5H3,(H2,17,20,21,22). The third-order valence-corrected chi connectivity index (χ3v) is 5.45. The average molecular weight is 367 g/mol. The third-order valence-electron chi connectivity index (χ3n) is 3.37. The maximum absolute atomic E-state index is 11.9. The number of carbonyl (C=O) groups excluding carboxylic acids is 2. The molecule has 0 aliphatic heterocycles. The molecule has 0 bridgehead atoms. The molecule has 8 heteroatoms. The molecule has 3 amide bonds. The fraction of sp³-hybridized carbons (Fsp3) is 0.500. The molecule has 2 rings (SSSR count). The van der Waals surface area contributed by atoms with Crippen LogP contribution in [0.1, 0.15) is 30.1 Å². The number of aromatic nitrogens is 2. The van der Waals surface area contributed by atoms with Gasteiger partial charge in [0.25, 0.3) is 0 Å². The summed E-state index contributed by atoms with van der Waals surface area (Å²) < 4.78 is 0. The van der Waals surface area contributed by atoms with Gasteiger partial charge >= 0.3 is 6.03 Å².